The minimum absolute atomic E-state index is 0.353. The molecule has 0 aliphatic heterocycles. The lowest BCUT2D eigenvalue weighted by atomic mass is 10.0. The topological polar surface area (TPSA) is 39.1 Å². The summed E-state index contributed by atoms with van der Waals surface area (Å²) in [6.45, 7) is 0. The van der Waals surface area contributed by atoms with E-state index in [1.807, 2.05) is 37.1 Å². The van der Waals surface area contributed by atoms with Crippen LogP contribution in [0.25, 0.3) is 0 Å². The van der Waals surface area contributed by atoms with Gasteiger partial charge >= 0.3 is 0 Å². The van der Waals surface area contributed by atoms with Gasteiger partial charge < -0.3 is 10.1 Å². The van der Waals surface area contributed by atoms with E-state index in [1.54, 1.807) is 7.11 Å². The molecule has 0 bridgehead atoms. The number of methoxy groups -OCH3 is 1. The third-order valence-corrected chi connectivity index (χ3v) is 3.35. The van der Waals surface area contributed by atoms with Gasteiger partial charge in [-0.2, -0.15) is 5.10 Å². The van der Waals surface area contributed by atoms with Crippen LogP contribution in [0.5, 0.6) is 5.75 Å². The summed E-state index contributed by atoms with van der Waals surface area (Å²) in [6, 6.07) is 8.59. The van der Waals surface area contributed by atoms with Crippen LogP contribution < -0.4 is 10.1 Å². The van der Waals surface area contributed by atoms with Gasteiger partial charge in [0.1, 0.15) is 5.75 Å². The molecule has 1 aromatic carbocycles. The lowest BCUT2D eigenvalue weighted by Crippen LogP contribution is -2.17. The maximum atomic E-state index is 5.18. The van der Waals surface area contributed by atoms with Gasteiger partial charge in [-0.25, -0.2) is 0 Å². The number of ether oxygens (including phenoxy) is 1. The van der Waals surface area contributed by atoms with Gasteiger partial charge in [0, 0.05) is 19.3 Å². The molecular weight excluding hydrogens is 238 g/mol. The van der Waals surface area contributed by atoms with Crippen LogP contribution in [0.2, 0.25) is 0 Å². The monoisotopic (exact) mass is 259 g/mol. The fourth-order valence-corrected chi connectivity index (χ4v) is 2.23. The van der Waals surface area contributed by atoms with Crippen molar-refractivity contribution in [3.8, 4) is 5.75 Å². The zero-order chi connectivity index (χ0) is 13.7. The Labute approximate surface area is 114 Å². The lowest BCUT2D eigenvalue weighted by molar-refractivity contribution is 0.414. The highest BCUT2D eigenvalue weighted by Gasteiger charge is 2.10. The van der Waals surface area contributed by atoms with Crippen molar-refractivity contribution in [3.05, 3.63) is 47.8 Å². The molecule has 0 aliphatic carbocycles. The average molecular weight is 259 g/mol. The highest BCUT2D eigenvalue weighted by molar-refractivity contribution is 5.29. The Balaban J connectivity index is 1.98. The molecule has 2 aromatic rings. The van der Waals surface area contributed by atoms with E-state index in [2.05, 4.69) is 28.7 Å². The second-order valence-electron chi connectivity index (χ2n) is 4.68. The Morgan fingerprint density at radius 1 is 1.32 bits per heavy atom. The molecule has 0 aliphatic rings. The first-order valence-electron chi connectivity index (χ1n) is 6.51. The molecule has 19 heavy (non-hydrogen) atoms. The summed E-state index contributed by atoms with van der Waals surface area (Å²) in [5, 5.41) is 7.56. The summed E-state index contributed by atoms with van der Waals surface area (Å²) < 4.78 is 7.03. The number of rotatable bonds is 6. The minimum atomic E-state index is 0.353. The molecule has 1 unspecified atom stereocenters. The zero-order valence-electron chi connectivity index (χ0n) is 11.8. The van der Waals surface area contributed by atoms with E-state index in [0.29, 0.717) is 6.04 Å². The van der Waals surface area contributed by atoms with Gasteiger partial charge in [0.05, 0.1) is 13.3 Å². The number of aryl methyl sites for hydroxylation is 2. The Morgan fingerprint density at radius 2 is 2.05 bits per heavy atom. The number of hydrogen-bond acceptors (Lipinski definition) is 3. The van der Waals surface area contributed by atoms with Crippen LogP contribution in [0, 0.1) is 0 Å². The van der Waals surface area contributed by atoms with E-state index in [4.69, 9.17) is 4.74 Å². The third kappa shape index (κ3) is 3.58. The van der Waals surface area contributed by atoms with E-state index >= 15 is 0 Å². The second-order valence-corrected chi connectivity index (χ2v) is 4.68. The summed E-state index contributed by atoms with van der Waals surface area (Å²) in [4.78, 5) is 0. The minimum Gasteiger partial charge on any atom is -0.497 e. The average Bonchev–Trinajstić information content (AvgIpc) is 2.86. The Bertz CT molecular complexity index is 504. The maximum absolute atomic E-state index is 5.18. The van der Waals surface area contributed by atoms with Crippen molar-refractivity contribution in [2.24, 2.45) is 7.05 Å². The predicted octanol–water partition coefficient (Wildman–Crippen LogP) is 2.32. The first-order chi connectivity index (χ1) is 9.22. The zero-order valence-corrected chi connectivity index (χ0v) is 11.8. The third-order valence-electron chi connectivity index (χ3n) is 3.35. The largest absolute Gasteiger partial charge is 0.497 e. The number of benzene rings is 1. The molecule has 102 valence electrons. The lowest BCUT2D eigenvalue weighted by Gasteiger charge is -2.16. The van der Waals surface area contributed by atoms with Crippen LogP contribution in [0.4, 0.5) is 0 Å². The quantitative estimate of drug-likeness (QED) is 0.865. The number of nitrogens with zero attached hydrogens (tertiary/aromatic N) is 2. The van der Waals surface area contributed by atoms with Gasteiger partial charge in [-0.15, -0.1) is 0 Å². The fraction of sp³-hybridized carbons (Fsp3) is 0.400. The first kappa shape index (κ1) is 13.6. The van der Waals surface area contributed by atoms with Crippen molar-refractivity contribution in [2.75, 3.05) is 14.2 Å². The van der Waals surface area contributed by atoms with Crippen molar-refractivity contribution < 1.29 is 4.74 Å². The molecule has 1 heterocycles. The fourth-order valence-electron chi connectivity index (χ4n) is 2.23. The number of aromatic nitrogens is 2. The van der Waals surface area contributed by atoms with Gasteiger partial charge in [0.2, 0.25) is 0 Å². The van der Waals surface area contributed by atoms with Gasteiger partial charge in [0.15, 0.2) is 0 Å². The van der Waals surface area contributed by atoms with Crippen LogP contribution >= 0.6 is 0 Å². The molecule has 2 rings (SSSR count). The smallest absolute Gasteiger partial charge is 0.118 e. The molecule has 0 spiro atoms. The second kappa shape index (κ2) is 6.38. The molecule has 1 aromatic heterocycles. The summed E-state index contributed by atoms with van der Waals surface area (Å²) in [5.41, 5.74) is 2.56. The standard InChI is InChI=1S/C15H21N3O/c1-16-15(9-4-12-10-17-18(2)11-12)13-5-7-14(19-3)8-6-13/h5-8,10-11,15-16H,4,9H2,1-3H3. The molecule has 0 fully saturated rings. The normalized spacial score (nSPS) is 12.4. The van der Waals surface area contributed by atoms with Crippen LogP contribution in [0.15, 0.2) is 36.7 Å². The number of hydrogen-bond donors (Lipinski definition) is 1. The van der Waals surface area contributed by atoms with Gasteiger partial charge in [-0.05, 0) is 43.1 Å². The van der Waals surface area contributed by atoms with Gasteiger partial charge in [-0.1, -0.05) is 12.1 Å². The first-order valence-corrected chi connectivity index (χ1v) is 6.51. The van der Waals surface area contributed by atoms with Gasteiger partial charge in [0.25, 0.3) is 0 Å². The summed E-state index contributed by atoms with van der Waals surface area (Å²) in [6.07, 6.45) is 6.07. The Kier molecular flexibility index (Phi) is 4.58. The highest BCUT2D eigenvalue weighted by atomic mass is 16.5. The van der Waals surface area contributed by atoms with Crippen molar-refractivity contribution >= 4 is 0 Å². The van der Waals surface area contributed by atoms with E-state index in [1.165, 1.54) is 11.1 Å². The van der Waals surface area contributed by atoms with Crippen LogP contribution in [-0.2, 0) is 13.5 Å². The molecular formula is C15H21N3O. The molecule has 0 radical (unpaired) electrons. The van der Waals surface area contributed by atoms with E-state index in [9.17, 15) is 0 Å². The van der Waals surface area contributed by atoms with Crippen LogP contribution in [-0.4, -0.2) is 23.9 Å². The van der Waals surface area contributed by atoms with Crippen molar-refractivity contribution in [1.82, 2.24) is 15.1 Å². The number of nitrogens with one attached hydrogen (secondary N) is 1. The molecule has 0 saturated heterocycles. The Hall–Kier alpha value is -1.81. The Morgan fingerprint density at radius 3 is 2.58 bits per heavy atom. The van der Waals surface area contributed by atoms with Crippen LogP contribution in [0.1, 0.15) is 23.6 Å². The molecule has 4 heteroatoms. The maximum Gasteiger partial charge on any atom is 0.118 e. The molecule has 4 nitrogen and oxygen atoms in total. The van der Waals surface area contributed by atoms with E-state index in [-0.39, 0.29) is 0 Å². The molecule has 1 N–H and O–H groups in total. The van der Waals surface area contributed by atoms with E-state index in [0.717, 1.165) is 18.6 Å². The van der Waals surface area contributed by atoms with Gasteiger partial charge in [-0.3, -0.25) is 4.68 Å². The molecule has 0 saturated carbocycles. The summed E-state index contributed by atoms with van der Waals surface area (Å²) in [5.74, 6) is 0.894. The molecule has 1 atom stereocenters. The molecule has 0 amide bonds. The SMILES string of the molecule is CNC(CCc1cnn(C)c1)c1ccc(OC)cc1. The summed E-state index contributed by atoms with van der Waals surface area (Å²) in [7, 11) is 5.63. The van der Waals surface area contributed by atoms with Crippen molar-refractivity contribution in [3.63, 3.8) is 0 Å². The summed E-state index contributed by atoms with van der Waals surface area (Å²) >= 11 is 0. The van der Waals surface area contributed by atoms with E-state index < -0.39 is 0 Å². The van der Waals surface area contributed by atoms with Crippen molar-refractivity contribution in [1.29, 1.82) is 0 Å². The van der Waals surface area contributed by atoms with Crippen molar-refractivity contribution in [2.45, 2.75) is 18.9 Å². The predicted molar refractivity (Wildman–Crippen MR) is 76.3 cm³/mol. The van der Waals surface area contributed by atoms with Crippen LogP contribution in [0.3, 0.4) is 0 Å². The highest BCUT2D eigenvalue weighted by Crippen LogP contribution is 2.21.